The van der Waals surface area contributed by atoms with Gasteiger partial charge in [-0.3, -0.25) is 4.79 Å². The van der Waals surface area contributed by atoms with Gasteiger partial charge in [-0.1, -0.05) is 0 Å². The minimum Gasteiger partial charge on any atom is -0.326 e. The standard InChI is InChI=1S/C11H9F4NO/c12-8-4-6-2-1-3-10(17)16-9(6)5-7(8)11(13,14)15/h4-5H,1-3H2,(H,16,17). The van der Waals surface area contributed by atoms with Crippen LogP contribution in [0.25, 0.3) is 0 Å². The summed E-state index contributed by atoms with van der Waals surface area (Å²) in [5.41, 5.74) is -0.888. The second kappa shape index (κ2) is 4.01. The van der Waals surface area contributed by atoms with Crippen molar-refractivity contribution in [1.82, 2.24) is 0 Å². The van der Waals surface area contributed by atoms with E-state index in [0.717, 1.165) is 6.07 Å². The van der Waals surface area contributed by atoms with Crippen molar-refractivity contribution in [3.05, 3.63) is 29.1 Å². The molecule has 0 saturated heterocycles. The largest absolute Gasteiger partial charge is 0.419 e. The fourth-order valence-electron chi connectivity index (χ4n) is 1.81. The topological polar surface area (TPSA) is 29.1 Å². The molecule has 0 saturated carbocycles. The first-order valence-corrected chi connectivity index (χ1v) is 5.07. The van der Waals surface area contributed by atoms with Gasteiger partial charge in [-0.2, -0.15) is 13.2 Å². The number of carbonyl (C=O) groups excluding carboxylic acids is 1. The second-order valence-corrected chi connectivity index (χ2v) is 3.89. The zero-order valence-corrected chi connectivity index (χ0v) is 8.70. The number of alkyl halides is 3. The predicted octanol–water partition coefficient (Wildman–Crippen LogP) is 3.12. The van der Waals surface area contributed by atoms with Crippen LogP contribution in [0.1, 0.15) is 24.0 Å². The lowest BCUT2D eigenvalue weighted by Gasteiger charge is -2.13. The molecular formula is C11H9F4NO. The van der Waals surface area contributed by atoms with Crippen LogP contribution in [0.5, 0.6) is 0 Å². The molecule has 0 unspecified atom stereocenters. The van der Waals surface area contributed by atoms with Crippen molar-refractivity contribution < 1.29 is 22.4 Å². The Morgan fingerprint density at radius 3 is 2.53 bits per heavy atom. The lowest BCUT2D eigenvalue weighted by molar-refractivity contribution is -0.140. The Morgan fingerprint density at radius 1 is 1.18 bits per heavy atom. The summed E-state index contributed by atoms with van der Waals surface area (Å²) >= 11 is 0. The Balaban J connectivity index is 2.51. The van der Waals surface area contributed by atoms with E-state index in [9.17, 15) is 22.4 Å². The third-order valence-electron chi connectivity index (χ3n) is 2.62. The molecule has 17 heavy (non-hydrogen) atoms. The molecule has 0 atom stereocenters. The normalized spacial score (nSPS) is 16.1. The molecule has 1 aliphatic heterocycles. The quantitative estimate of drug-likeness (QED) is 0.701. The number of amides is 1. The number of rotatable bonds is 0. The molecule has 1 aliphatic rings. The van der Waals surface area contributed by atoms with E-state index < -0.39 is 17.6 Å². The van der Waals surface area contributed by atoms with Crippen molar-refractivity contribution in [3.63, 3.8) is 0 Å². The Labute approximate surface area is 94.6 Å². The number of fused-ring (bicyclic) bond motifs is 1. The Morgan fingerprint density at radius 2 is 1.88 bits per heavy atom. The zero-order valence-electron chi connectivity index (χ0n) is 8.70. The number of aryl methyl sites for hydroxylation is 1. The highest BCUT2D eigenvalue weighted by atomic mass is 19.4. The highest BCUT2D eigenvalue weighted by molar-refractivity contribution is 5.92. The van der Waals surface area contributed by atoms with Crippen LogP contribution in [0, 0.1) is 5.82 Å². The van der Waals surface area contributed by atoms with Gasteiger partial charge in [0.2, 0.25) is 5.91 Å². The molecule has 6 heteroatoms. The third-order valence-corrected chi connectivity index (χ3v) is 2.62. The Bertz CT molecular complexity index is 467. The third kappa shape index (κ3) is 2.40. The van der Waals surface area contributed by atoms with Crippen molar-refractivity contribution in [2.24, 2.45) is 0 Å². The maximum Gasteiger partial charge on any atom is 0.419 e. The number of halogens is 4. The van der Waals surface area contributed by atoms with E-state index in [1.54, 1.807) is 0 Å². The number of hydrogen-bond acceptors (Lipinski definition) is 1. The molecule has 1 aromatic carbocycles. The first-order valence-electron chi connectivity index (χ1n) is 5.07. The molecule has 92 valence electrons. The monoisotopic (exact) mass is 247 g/mol. The molecule has 1 N–H and O–H groups in total. The van der Waals surface area contributed by atoms with Crippen LogP contribution in [0.3, 0.4) is 0 Å². The fraction of sp³-hybridized carbons (Fsp3) is 0.364. The molecule has 0 fully saturated rings. The summed E-state index contributed by atoms with van der Waals surface area (Å²) in [6, 6.07) is 1.51. The first-order chi connectivity index (χ1) is 7.88. The number of anilines is 1. The summed E-state index contributed by atoms with van der Waals surface area (Å²) in [5, 5.41) is 2.36. The van der Waals surface area contributed by atoms with Crippen molar-refractivity contribution in [3.8, 4) is 0 Å². The van der Waals surface area contributed by atoms with Gasteiger partial charge in [-0.05, 0) is 30.5 Å². The Kier molecular flexibility index (Phi) is 2.81. The van der Waals surface area contributed by atoms with Gasteiger partial charge in [0, 0.05) is 12.1 Å². The summed E-state index contributed by atoms with van der Waals surface area (Å²) in [6.45, 7) is 0. The fourth-order valence-corrected chi connectivity index (χ4v) is 1.81. The highest BCUT2D eigenvalue weighted by Gasteiger charge is 2.35. The molecule has 0 aliphatic carbocycles. The van der Waals surface area contributed by atoms with E-state index in [0.29, 0.717) is 24.5 Å². The molecule has 1 aromatic rings. The molecular weight excluding hydrogens is 238 g/mol. The predicted molar refractivity (Wildman–Crippen MR) is 53.0 cm³/mol. The molecule has 0 spiro atoms. The number of benzene rings is 1. The molecule has 2 rings (SSSR count). The first kappa shape index (κ1) is 11.9. The minimum atomic E-state index is -4.75. The van der Waals surface area contributed by atoms with Crippen LogP contribution in [0.4, 0.5) is 23.2 Å². The smallest absolute Gasteiger partial charge is 0.326 e. The summed E-state index contributed by atoms with van der Waals surface area (Å²) in [5.74, 6) is -1.64. The minimum absolute atomic E-state index is 0.0567. The van der Waals surface area contributed by atoms with Crippen LogP contribution in [0.2, 0.25) is 0 Å². The van der Waals surface area contributed by atoms with Crippen LogP contribution in [-0.4, -0.2) is 5.91 Å². The van der Waals surface area contributed by atoms with Crippen LogP contribution >= 0.6 is 0 Å². The summed E-state index contributed by atoms with van der Waals surface area (Å²) in [6.07, 6.45) is -3.62. The highest BCUT2D eigenvalue weighted by Crippen LogP contribution is 2.35. The van der Waals surface area contributed by atoms with Gasteiger partial charge in [0.25, 0.3) is 0 Å². The van der Waals surface area contributed by atoms with E-state index in [2.05, 4.69) is 5.32 Å². The second-order valence-electron chi connectivity index (χ2n) is 3.89. The molecule has 1 amide bonds. The lowest BCUT2D eigenvalue weighted by Crippen LogP contribution is -2.13. The van der Waals surface area contributed by atoms with Crippen LogP contribution in [-0.2, 0) is 17.4 Å². The van der Waals surface area contributed by atoms with E-state index in [4.69, 9.17) is 0 Å². The summed E-state index contributed by atoms with van der Waals surface area (Å²) in [4.78, 5) is 11.2. The zero-order chi connectivity index (χ0) is 12.6. The molecule has 1 heterocycles. The maximum atomic E-state index is 13.3. The number of nitrogens with one attached hydrogen (secondary N) is 1. The van der Waals surface area contributed by atoms with Crippen molar-refractivity contribution >= 4 is 11.6 Å². The van der Waals surface area contributed by atoms with Crippen LogP contribution < -0.4 is 5.32 Å². The summed E-state index contributed by atoms with van der Waals surface area (Å²) in [7, 11) is 0. The van der Waals surface area contributed by atoms with E-state index >= 15 is 0 Å². The van der Waals surface area contributed by atoms with Gasteiger partial charge in [0.15, 0.2) is 0 Å². The molecule has 2 nitrogen and oxygen atoms in total. The van der Waals surface area contributed by atoms with Crippen molar-refractivity contribution in [2.75, 3.05) is 5.32 Å². The number of carbonyl (C=O) groups is 1. The van der Waals surface area contributed by atoms with Gasteiger partial charge in [-0.25, -0.2) is 4.39 Å². The average Bonchev–Trinajstić information content (AvgIpc) is 2.36. The van der Waals surface area contributed by atoms with Gasteiger partial charge in [-0.15, -0.1) is 0 Å². The molecule has 0 radical (unpaired) electrons. The van der Waals surface area contributed by atoms with Gasteiger partial charge >= 0.3 is 6.18 Å². The SMILES string of the molecule is O=C1CCCc2cc(F)c(C(F)(F)F)cc2N1. The summed E-state index contributed by atoms with van der Waals surface area (Å²) < 4.78 is 50.7. The molecule has 0 bridgehead atoms. The van der Waals surface area contributed by atoms with Gasteiger partial charge in [0.05, 0.1) is 5.56 Å². The molecule has 0 aromatic heterocycles. The maximum absolute atomic E-state index is 13.3. The lowest BCUT2D eigenvalue weighted by atomic mass is 10.0. The Hall–Kier alpha value is -1.59. The van der Waals surface area contributed by atoms with Gasteiger partial charge in [0.1, 0.15) is 5.82 Å². The number of hydrogen-bond donors (Lipinski definition) is 1. The average molecular weight is 247 g/mol. The van der Waals surface area contributed by atoms with Crippen molar-refractivity contribution in [1.29, 1.82) is 0 Å². The van der Waals surface area contributed by atoms with Gasteiger partial charge < -0.3 is 5.32 Å². The van der Waals surface area contributed by atoms with E-state index in [1.165, 1.54) is 0 Å². The van der Waals surface area contributed by atoms with E-state index in [-0.39, 0.29) is 18.0 Å². The van der Waals surface area contributed by atoms with Crippen LogP contribution in [0.15, 0.2) is 12.1 Å². The van der Waals surface area contributed by atoms with Crippen molar-refractivity contribution in [2.45, 2.75) is 25.4 Å². The van der Waals surface area contributed by atoms with E-state index in [1.807, 2.05) is 0 Å².